The van der Waals surface area contributed by atoms with Gasteiger partial charge in [0.1, 0.15) is 0 Å². The Hall–Kier alpha value is -0.780. The van der Waals surface area contributed by atoms with Crippen molar-refractivity contribution in [2.75, 3.05) is 32.8 Å². The summed E-state index contributed by atoms with van der Waals surface area (Å²) in [6.07, 6.45) is -3.82. The first-order chi connectivity index (χ1) is 10.3. The summed E-state index contributed by atoms with van der Waals surface area (Å²) in [5.41, 5.74) is 0.212. The Morgan fingerprint density at radius 2 is 1.86 bits per heavy atom. The average molecular weight is 336 g/mol. The van der Waals surface area contributed by atoms with Gasteiger partial charge in [-0.25, -0.2) is 0 Å². The van der Waals surface area contributed by atoms with E-state index in [0.29, 0.717) is 25.2 Å². The van der Waals surface area contributed by atoms with Crippen LogP contribution in [0.25, 0.3) is 0 Å². The first kappa shape index (κ1) is 17.6. The molecule has 1 aliphatic heterocycles. The molecule has 0 radical (unpaired) electrons. The molecule has 0 N–H and O–H groups in total. The summed E-state index contributed by atoms with van der Waals surface area (Å²) < 4.78 is 45.1. The Bertz CT molecular complexity index is 511. The molecule has 1 aliphatic rings. The molecule has 2 rings (SSSR count). The van der Waals surface area contributed by atoms with Crippen molar-refractivity contribution in [3.63, 3.8) is 0 Å². The summed E-state index contributed by atoms with van der Waals surface area (Å²) in [6, 6.07) is 2.92. The van der Waals surface area contributed by atoms with Crippen LogP contribution in [0.2, 0.25) is 5.02 Å². The summed E-state index contributed by atoms with van der Waals surface area (Å²) in [5, 5.41) is 0.210. The SMILES string of the molecule is CC(C)c1c(Cl)cc(CCN2CCOCC2)cc1C(F)(F)F. The molecule has 0 bridgehead atoms. The van der Waals surface area contributed by atoms with Crippen molar-refractivity contribution in [2.45, 2.75) is 32.4 Å². The summed E-state index contributed by atoms with van der Waals surface area (Å²) in [5.74, 6) is -0.266. The maximum Gasteiger partial charge on any atom is 0.416 e. The van der Waals surface area contributed by atoms with Gasteiger partial charge in [0.25, 0.3) is 0 Å². The fraction of sp³-hybridized carbons (Fsp3) is 0.625. The zero-order valence-electron chi connectivity index (χ0n) is 12.8. The number of ether oxygens (including phenoxy) is 1. The van der Waals surface area contributed by atoms with Crippen LogP contribution < -0.4 is 0 Å². The van der Waals surface area contributed by atoms with E-state index < -0.39 is 11.7 Å². The van der Waals surface area contributed by atoms with E-state index in [2.05, 4.69) is 4.90 Å². The molecule has 0 atom stereocenters. The minimum Gasteiger partial charge on any atom is -0.379 e. The number of benzene rings is 1. The fourth-order valence-corrected chi connectivity index (χ4v) is 3.21. The molecule has 22 heavy (non-hydrogen) atoms. The lowest BCUT2D eigenvalue weighted by atomic mass is 9.94. The van der Waals surface area contributed by atoms with Crippen molar-refractivity contribution < 1.29 is 17.9 Å². The minimum absolute atomic E-state index is 0.185. The first-order valence-corrected chi connectivity index (χ1v) is 7.86. The molecule has 0 aromatic heterocycles. The molecular formula is C16H21ClF3NO. The van der Waals surface area contributed by atoms with Gasteiger partial charge >= 0.3 is 6.18 Å². The number of nitrogens with zero attached hydrogens (tertiary/aromatic N) is 1. The third kappa shape index (κ3) is 4.37. The lowest BCUT2D eigenvalue weighted by Crippen LogP contribution is -2.37. The highest BCUT2D eigenvalue weighted by Crippen LogP contribution is 2.39. The van der Waals surface area contributed by atoms with E-state index in [1.807, 2.05) is 0 Å². The van der Waals surface area contributed by atoms with Crippen LogP contribution in [0.1, 0.15) is 36.5 Å². The molecule has 0 spiro atoms. The van der Waals surface area contributed by atoms with Crippen molar-refractivity contribution in [3.8, 4) is 0 Å². The van der Waals surface area contributed by atoms with E-state index in [0.717, 1.165) is 19.6 Å². The molecule has 0 amide bonds. The Morgan fingerprint density at radius 3 is 2.41 bits per heavy atom. The summed E-state index contributed by atoms with van der Waals surface area (Å²) >= 11 is 6.12. The van der Waals surface area contributed by atoms with Crippen LogP contribution in [-0.2, 0) is 17.3 Å². The van der Waals surface area contributed by atoms with Gasteiger partial charge in [-0.15, -0.1) is 0 Å². The molecule has 1 heterocycles. The van der Waals surface area contributed by atoms with Gasteiger partial charge in [0, 0.05) is 24.7 Å². The second kappa shape index (κ2) is 7.20. The molecule has 1 saturated heterocycles. The zero-order valence-corrected chi connectivity index (χ0v) is 13.6. The Labute approximate surface area is 134 Å². The quantitative estimate of drug-likeness (QED) is 0.810. The van der Waals surface area contributed by atoms with Crippen molar-refractivity contribution in [1.82, 2.24) is 4.90 Å². The van der Waals surface area contributed by atoms with Crippen LogP contribution in [0.4, 0.5) is 13.2 Å². The summed E-state index contributed by atoms with van der Waals surface area (Å²) in [4.78, 5) is 2.20. The van der Waals surface area contributed by atoms with Gasteiger partial charge in [0.05, 0.1) is 18.8 Å². The van der Waals surface area contributed by atoms with E-state index in [4.69, 9.17) is 16.3 Å². The molecule has 0 aliphatic carbocycles. The molecule has 0 unspecified atom stereocenters. The van der Waals surface area contributed by atoms with Gasteiger partial charge in [-0.3, -0.25) is 4.90 Å². The fourth-order valence-electron chi connectivity index (χ4n) is 2.75. The van der Waals surface area contributed by atoms with Crippen molar-refractivity contribution in [3.05, 3.63) is 33.8 Å². The van der Waals surface area contributed by atoms with E-state index in [-0.39, 0.29) is 16.5 Å². The molecule has 1 aromatic rings. The minimum atomic E-state index is -4.38. The van der Waals surface area contributed by atoms with Crippen molar-refractivity contribution in [2.24, 2.45) is 0 Å². The number of alkyl halides is 3. The van der Waals surface area contributed by atoms with Crippen LogP contribution in [0, 0.1) is 0 Å². The van der Waals surface area contributed by atoms with E-state index in [9.17, 15) is 13.2 Å². The lowest BCUT2D eigenvalue weighted by Gasteiger charge is -2.27. The Kier molecular flexibility index (Phi) is 5.75. The summed E-state index contributed by atoms with van der Waals surface area (Å²) in [6.45, 7) is 7.18. The number of hydrogen-bond donors (Lipinski definition) is 0. The Morgan fingerprint density at radius 1 is 1.23 bits per heavy atom. The Balaban J connectivity index is 2.20. The smallest absolute Gasteiger partial charge is 0.379 e. The van der Waals surface area contributed by atoms with Crippen LogP contribution >= 0.6 is 11.6 Å². The highest BCUT2D eigenvalue weighted by atomic mass is 35.5. The van der Waals surface area contributed by atoms with Gasteiger partial charge in [0.15, 0.2) is 0 Å². The summed E-state index contributed by atoms with van der Waals surface area (Å²) in [7, 11) is 0. The van der Waals surface area contributed by atoms with Gasteiger partial charge in [-0.2, -0.15) is 13.2 Å². The number of morpholine rings is 1. The van der Waals surface area contributed by atoms with Crippen LogP contribution in [0.3, 0.4) is 0 Å². The van der Waals surface area contributed by atoms with Gasteiger partial charge in [-0.05, 0) is 35.6 Å². The van der Waals surface area contributed by atoms with Crippen molar-refractivity contribution in [1.29, 1.82) is 0 Å². The standard InChI is InChI=1S/C16H21ClF3NO/c1-11(2)15-13(16(18,19)20)9-12(10-14(15)17)3-4-21-5-7-22-8-6-21/h9-11H,3-8H2,1-2H3. The number of rotatable bonds is 4. The highest BCUT2D eigenvalue weighted by molar-refractivity contribution is 6.31. The van der Waals surface area contributed by atoms with Crippen LogP contribution in [0.5, 0.6) is 0 Å². The highest BCUT2D eigenvalue weighted by Gasteiger charge is 2.35. The molecular weight excluding hydrogens is 315 g/mol. The van der Waals surface area contributed by atoms with Gasteiger partial charge in [0.2, 0.25) is 0 Å². The molecule has 124 valence electrons. The van der Waals surface area contributed by atoms with Crippen LogP contribution in [0.15, 0.2) is 12.1 Å². The van der Waals surface area contributed by atoms with Gasteiger partial charge in [-0.1, -0.05) is 25.4 Å². The zero-order chi connectivity index (χ0) is 16.3. The predicted octanol–water partition coefficient (Wildman–Crippen LogP) is 4.36. The lowest BCUT2D eigenvalue weighted by molar-refractivity contribution is -0.138. The van der Waals surface area contributed by atoms with E-state index >= 15 is 0 Å². The molecule has 0 saturated carbocycles. The van der Waals surface area contributed by atoms with Crippen LogP contribution in [-0.4, -0.2) is 37.7 Å². The second-order valence-electron chi connectivity index (χ2n) is 5.90. The van der Waals surface area contributed by atoms with Crippen molar-refractivity contribution >= 4 is 11.6 Å². The largest absolute Gasteiger partial charge is 0.416 e. The van der Waals surface area contributed by atoms with E-state index in [1.165, 1.54) is 6.07 Å². The third-order valence-corrected chi connectivity index (χ3v) is 4.21. The first-order valence-electron chi connectivity index (χ1n) is 7.48. The molecule has 6 heteroatoms. The predicted molar refractivity (Wildman–Crippen MR) is 81.5 cm³/mol. The number of halogens is 4. The molecule has 2 nitrogen and oxygen atoms in total. The number of hydrogen-bond acceptors (Lipinski definition) is 2. The third-order valence-electron chi connectivity index (χ3n) is 3.89. The normalized spacial score (nSPS) is 17.2. The van der Waals surface area contributed by atoms with E-state index in [1.54, 1.807) is 19.9 Å². The second-order valence-corrected chi connectivity index (χ2v) is 6.30. The van der Waals surface area contributed by atoms with Gasteiger partial charge < -0.3 is 4.74 Å². The maximum absolute atomic E-state index is 13.3. The monoisotopic (exact) mass is 335 g/mol. The topological polar surface area (TPSA) is 12.5 Å². The molecule has 1 aromatic carbocycles. The maximum atomic E-state index is 13.3. The molecule has 1 fully saturated rings. The average Bonchev–Trinajstić information content (AvgIpc) is 2.44.